The number of hydrogen-bond donors (Lipinski definition) is 1. The normalized spacial score (nSPS) is 23.6. The van der Waals surface area contributed by atoms with Gasteiger partial charge >= 0.3 is 0 Å². The molecule has 1 aromatic heterocycles. The van der Waals surface area contributed by atoms with E-state index in [1.807, 2.05) is 11.7 Å². The SMILES string of the molecule is CN(Cc1nn(C)c2ccccc12)C1CCCCC1N. The van der Waals surface area contributed by atoms with Crippen molar-refractivity contribution >= 4 is 10.9 Å². The van der Waals surface area contributed by atoms with Crippen molar-refractivity contribution in [1.29, 1.82) is 0 Å². The molecule has 4 nitrogen and oxygen atoms in total. The quantitative estimate of drug-likeness (QED) is 0.932. The molecule has 1 aromatic carbocycles. The molecule has 108 valence electrons. The fourth-order valence-electron chi connectivity index (χ4n) is 3.45. The Kier molecular flexibility index (Phi) is 3.76. The van der Waals surface area contributed by atoms with Crippen LogP contribution in [-0.4, -0.2) is 33.8 Å². The molecule has 0 amide bonds. The Labute approximate surface area is 120 Å². The van der Waals surface area contributed by atoms with Crippen LogP contribution in [0.5, 0.6) is 0 Å². The molecule has 1 heterocycles. The van der Waals surface area contributed by atoms with Crippen LogP contribution in [0.1, 0.15) is 31.4 Å². The van der Waals surface area contributed by atoms with Crippen LogP contribution < -0.4 is 5.73 Å². The second-order valence-corrected chi connectivity index (χ2v) is 6.02. The van der Waals surface area contributed by atoms with Crippen molar-refractivity contribution in [1.82, 2.24) is 14.7 Å². The topological polar surface area (TPSA) is 47.1 Å². The molecule has 2 N–H and O–H groups in total. The van der Waals surface area contributed by atoms with Gasteiger partial charge in [0.15, 0.2) is 0 Å². The van der Waals surface area contributed by atoms with E-state index in [1.54, 1.807) is 0 Å². The van der Waals surface area contributed by atoms with E-state index in [0.29, 0.717) is 12.1 Å². The fraction of sp³-hybridized carbons (Fsp3) is 0.562. The van der Waals surface area contributed by atoms with E-state index < -0.39 is 0 Å². The van der Waals surface area contributed by atoms with E-state index in [4.69, 9.17) is 5.73 Å². The summed E-state index contributed by atoms with van der Waals surface area (Å²) in [5, 5.41) is 5.94. The van der Waals surface area contributed by atoms with Crippen LogP contribution in [0.25, 0.3) is 10.9 Å². The molecule has 1 aliphatic rings. The number of para-hydroxylation sites is 1. The first kappa shape index (κ1) is 13.6. The van der Waals surface area contributed by atoms with Crippen LogP contribution in [-0.2, 0) is 13.6 Å². The number of hydrogen-bond acceptors (Lipinski definition) is 3. The van der Waals surface area contributed by atoms with Gasteiger partial charge in [0, 0.05) is 31.1 Å². The Balaban J connectivity index is 1.82. The average Bonchev–Trinajstić information content (AvgIpc) is 2.76. The number of nitrogens with zero attached hydrogens (tertiary/aromatic N) is 3. The minimum absolute atomic E-state index is 0.309. The molecule has 1 fully saturated rings. The zero-order valence-electron chi connectivity index (χ0n) is 12.4. The Bertz CT molecular complexity index is 589. The fourth-order valence-corrected chi connectivity index (χ4v) is 3.45. The van der Waals surface area contributed by atoms with E-state index in [-0.39, 0.29) is 0 Å². The molecule has 2 unspecified atom stereocenters. The first-order valence-corrected chi connectivity index (χ1v) is 7.53. The molecule has 1 saturated carbocycles. The summed E-state index contributed by atoms with van der Waals surface area (Å²) in [6.07, 6.45) is 4.93. The van der Waals surface area contributed by atoms with Crippen LogP contribution in [0.15, 0.2) is 24.3 Å². The standard InChI is InChI=1S/C16H24N4/c1-19(16-10-6-4-8-13(16)17)11-14-12-7-3-5-9-15(12)20(2)18-14/h3,5,7,9,13,16H,4,6,8,10-11,17H2,1-2H3. The van der Waals surface area contributed by atoms with Crippen LogP contribution in [0.3, 0.4) is 0 Å². The molecule has 2 aromatic rings. The number of rotatable bonds is 3. The maximum atomic E-state index is 6.28. The largest absolute Gasteiger partial charge is 0.326 e. The summed E-state index contributed by atoms with van der Waals surface area (Å²) in [4.78, 5) is 2.39. The Hall–Kier alpha value is -1.39. The molecule has 0 bridgehead atoms. The molecule has 20 heavy (non-hydrogen) atoms. The molecule has 1 aliphatic carbocycles. The zero-order chi connectivity index (χ0) is 14.1. The predicted molar refractivity (Wildman–Crippen MR) is 82.4 cm³/mol. The van der Waals surface area contributed by atoms with Gasteiger partial charge in [-0.1, -0.05) is 31.0 Å². The maximum absolute atomic E-state index is 6.28. The first-order chi connectivity index (χ1) is 9.66. The lowest BCUT2D eigenvalue weighted by Crippen LogP contribution is -2.47. The van der Waals surface area contributed by atoms with Gasteiger partial charge in [0.25, 0.3) is 0 Å². The van der Waals surface area contributed by atoms with Crippen molar-refractivity contribution in [3.8, 4) is 0 Å². The highest BCUT2D eigenvalue weighted by molar-refractivity contribution is 5.81. The lowest BCUT2D eigenvalue weighted by Gasteiger charge is -2.35. The van der Waals surface area contributed by atoms with Crippen molar-refractivity contribution in [2.75, 3.05) is 7.05 Å². The molecule has 0 saturated heterocycles. The third kappa shape index (κ3) is 2.45. The third-order valence-electron chi connectivity index (χ3n) is 4.58. The number of fused-ring (bicyclic) bond motifs is 1. The Morgan fingerprint density at radius 3 is 2.85 bits per heavy atom. The number of likely N-dealkylation sites (N-methyl/N-ethyl adjacent to an activating group) is 1. The minimum Gasteiger partial charge on any atom is -0.326 e. The highest BCUT2D eigenvalue weighted by Gasteiger charge is 2.26. The van der Waals surface area contributed by atoms with Gasteiger partial charge in [0.05, 0.1) is 11.2 Å². The predicted octanol–water partition coefficient (Wildman–Crippen LogP) is 2.27. The van der Waals surface area contributed by atoms with E-state index in [2.05, 4.69) is 41.3 Å². The van der Waals surface area contributed by atoms with Gasteiger partial charge in [-0.3, -0.25) is 9.58 Å². The summed E-state index contributed by atoms with van der Waals surface area (Å²) >= 11 is 0. The van der Waals surface area contributed by atoms with Gasteiger partial charge in [-0.25, -0.2) is 0 Å². The van der Waals surface area contributed by atoms with Gasteiger partial charge in [-0.2, -0.15) is 5.10 Å². The molecule has 0 spiro atoms. The third-order valence-corrected chi connectivity index (χ3v) is 4.58. The number of nitrogens with two attached hydrogens (primary N) is 1. The van der Waals surface area contributed by atoms with Crippen molar-refractivity contribution < 1.29 is 0 Å². The van der Waals surface area contributed by atoms with Crippen molar-refractivity contribution in [2.45, 2.75) is 44.3 Å². The van der Waals surface area contributed by atoms with E-state index in [0.717, 1.165) is 18.7 Å². The second kappa shape index (κ2) is 5.54. The van der Waals surface area contributed by atoms with E-state index in [1.165, 1.54) is 30.2 Å². The molecular formula is C16H24N4. The highest BCUT2D eigenvalue weighted by atomic mass is 15.3. The van der Waals surface area contributed by atoms with Gasteiger partial charge in [0.2, 0.25) is 0 Å². The van der Waals surface area contributed by atoms with Gasteiger partial charge < -0.3 is 5.73 Å². The van der Waals surface area contributed by atoms with Gasteiger partial charge in [-0.15, -0.1) is 0 Å². The molecular weight excluding hydrogens is 248 g/mol. The van der Waals surface area contributed by atoms with Crippen molar-refractivity contribution in [3.63, 3.8) is 0 Å². The lowest BCUT2D eigenvalue weighted by atomic mass is 9.90. The molecule has 4 heteroatoms. The summed E-state index contributed by atoms with van der Waals surface area (Å²) in [5.74, 6) is 0. The van der Waals surface area contributed by atoms with Crippen LogP contribution >= 0.6 is 0 Å². The van der Waals surface area contributed by atoms with Gasteiger partial charge in [-0.05, 0) is 26.0 Å². The van der Waals surface area contributed by atoms with Crippen LogP contribution in [0.2, 0.25) is 0 Å². The summed E-state index contributed by atoms with van der Waals surface area (Å²) in [5.41, 5.74) is 8.64. The summed E-state index contributed by atoms with van der Waals surface area (Å²) < 4.78 is 1.97. The molecule has 0 radical (unpaired) electrons. The lowest BCUT2D eigenvalue weighted by molar-refractivity contribution is 0.161. The Morgan fingerprint density at radius 2 is 2.05 bits per heavy atom. The molecule has 3 rings (SSSR count). The average molecular weight is 272 g/mol. The Morgan fingerprint density at radius 1 is 1.30 bits per heavy atom. The van der Waals surface area contributed by atoms with Crippen LogP contribution in [0, 0.1) is 0 Å². The van der Waals surface area contributed by atoms with Gasteiger partial charge in [0.1, 0.15) is 0 Å². The van der Waals surface area contributed by atoms with Crippen LogP contribution in [0.4, 0.5) is 0 Å². The first-order valence-electron chi connectivity index (χ1n) is 7.53. The maximum Gasteiger partial charge on any atom is 0.0843 e. The monoisotopic (exact) mass is 272 g/mol. The zero-order valence-corrected chi connectivity index (χ0v) is 12.4. The van der Waals surface area contributed by atoms with E-state index in [9.17, 15) is 0 Å². The molecule has 0 aliphatic heterocycles. The number of benzene rings is 1. The summed E-state index contributed by atoms with van der Waals surface area (Å²) in [7, 11) is 4.19. The van der Waals surface area contributed by atoms with Crippen molar-refractivity contribution in [2.24, 2.45) is 12.8 Å². The number of aryl methyl sites for hydroxylation is 1. The summed E-state index contributed by atoms with van der Waals surface area (Å²) in [6, 6.07) is 9.23. The molecule has 2 atom stereocenters. The highest BCUT2D eigenvalue weighted by Crippen LogP contribution is 2.24. The van der Waals surface area contributed by atoms with Crippen molar-refractivity contribution in [3.05, 3.63) is 30.0 Å². The second-order valence-electron chi connectivity index (χ2n) is 6.02. The summed E-state index contributed by atoms with van der Waals surface area (Å²) in [6.45, 7) is 0.875. The minimum atomic E-state index is 0.309. The van der Waals surface area contributed by atoms with E-state index >= 15 is 0 Å². The smallest absolute Gasteiger partial charge is 0.0843 e. The number of aromatic nitrogens is 2.